The predicted molar refractivity (Wildman–Crippen MR) is 56.0 cm³/mol. The lowest BCUT2D eigenvalue weighted by Crippen LogP contribution is -1.83. The lowest BCUT2D eigenvalue weighted by molar-refractivity contribution is 1.16. The number of nitrogens with two attached hydrogens (primary N) is 1. The lowest BCUT2D eigenvalue weighted by atomic mass is 10.3. The summed E-state index contributed by atoms with van der Waals surface area (Å²) in [5.74, 6) is 1.06. The monoisotopic (exact) mass is 195 g/mol. The zero-order chi connectivity index (χ0) is 10.1. The minimum Gasteiger partial charge on any atom is -0.337 e. The summed E-state index contributed by atoms with van der Waals surface area (Å²) in [5.41, 5.74) is 6.54. The molecule has 0 atom stereocenters. The number of aryl methyl sites for hydroxylation is 1. The molecule has 0 spiro atoms. The molecule has 1 aromatic rings. The van der Waals surface area contributed by atoms with Crippen molar-refractivity contribution in [1.82, 2.24) is 4.98 Å². The molecule has 2 N–H and O–H groups in total. The molecule has 4 heteroatoms. The Morgan fingerprint density at radius 2 is 2.23 bits per heavy atom. The maximum absolute atomic E-state index is 7.10. The van der Waals surface area contributed by atoms with Gasteiger partial charge in [0.25, 0.3) is 0 Å². The van der Waals surface area contributed by atoms with Gasteiger partial charge in [0.1, 0.15) is 0 Å². The summed E-state index contributed by atoms with van der Waals surface area (Å²) in [6.45, 7) is 2.00. The van der Waals surface area contributed by atoms with Crippen LogP contribution in [0.5, 0.6) is 0 Å². The standard InChI is InChI=1S/C8H11NS.CH2N2/c1-7-3-4-8(5-9-7)6-10-2;2-1-3/h3-5H,6H2,1-2H3;2H2. The molecule has 0 amide bonds. The largest absolute Gasteiger partial charge is 0.337 e. The van der Waals surface area contributed by atoms with Crippen LogP contribution in [0.3, 0.4) is 0 Å². The highest BCUT2D eigenvalue weighted by atomic mass is 32.2. The number of nitriles is 1. The van der Waals surface area contributed by atoms with Crippen LogP contribution in [0.25, 0.3) is 0 Å². The van der Waals surface area contributed by atoms with Gasteiger partial charge in [0, 0.05) is 17.6 Å². The average molecular weight is 195 g/mol. The van der Waals surface area contributed by atoms with Crippen molar-refractivity contribution in [2.45, 2.75) is 12.7 Å². The molecule has 0 saturated heterocycles. The Labute approximate surface area is 83.0 Å². The van der Waals surface area contributed by atoms with Crippen LogP contribution in [0.2, 0.25) is 0 Å². The molecule has 0 aliphatic carbocycles. The highest BCUT2D eigenvalue weighted by molar-refractivity contribution is 7.97. The molecule has 1 rings (SSSR count). The van der Waals surface area contributed by atoms with Crippen LogP contribution in [-0.2, 0) is 5.75 Å². The van der Waals surface area contributed by atoms with Gasteiger partial charge in [-0.3, -0.25) is 4.98 Å². The third kappa shape index (κ3) is 6.00. The topological polar surface area (TPSA) is 62.7 Å². The Kier molecular flexibility index (Phi) is 6.75. The van der Waals surface area contributed by atoms with Crippen LogP contribution in [0, 0.1) is 18.4 Å². The number of rotatable bonds is 2. The van der Waals surface area contributed by atoms with Gasteiger partial charge >= 0.3 is 0 Å². The van der Waals surface area contributed by atoms with Crippen molar-refractivity contribution in [2.75, 3.05) is 6.26 Å². The fourth-order valence-electron chi connectivity index (χ4n) is 0.750. The fourth-order valence-corrected chi connectivity index (χ4v) is 1.25. The van der Waals surface area contributed by atoms with E-state index in [2.05, 4.69) is 23.0 Å². The smallest absolute Gasteiger partial charge is 0.173 e. The van der Waals surface area contributed by atoms with E-state index >= 15 is 0 Å². The van der Waals surface area contributed by atoms with Crippen molar-refractivity contribution in [2.24, 2.45) is 5.73 Å². The first-order chi connectivity index (χ1) is 6.24. The van der Waals surface area contributed by atoms with Gasteiger partial charge in [0.15, 0.2) is 6.19 Å². The molecule has 1 aromatic heterocycles. The first-order valence-corrected chi connectivity index (χ1v) is 5.14. The van der Waals surface area contributed by atoms with E-state index in [-0.39, 0.29) is 0 Å². The molecule has 0 bridgehead atoms. The van der Waals surface area contributed by atoms with Gasteiger partial charge in [-0.25, -0.2) is 0 Å². The van der Waals surface area contributed by atoms with Crippen molar-refractivity contribution >= 4 is 11.8 Å². The molecule has 0 saturated carbocycles. The minimum atomic E-state index is 1.06. The summed E-state index contributed by atoms with van der Waals surface area (Å²) in [6, 6.07) is 4.17. The Morgan fingerprint density at radius 3 is 2.62 bits per heavy atom. The Bertz CT molecular complexity index is 263. The summed E-state index contributed by atoms with van der Waals surface area (Å²) in [6.07, 6.45) is 5.28. The summed E-state index contributed by atoms with van der Waals surface area (Å²) >= 11 is 1.82. The second-order valence-corrected chi connectivity index (χ2v) is 3.24. The SMILES string of the molecule is CSCc1ccc(C)nc1.N#CN. The van der Waals surface area contributed by atoms with E-state index in [1.807, 2.05) is 30.9 Å². The van der Waals surface area contributed by atoms with E-state index in [9.17, 15) is 0 Å². The van der Waals surface area contributed by atoms with Gasteiger partial charge in [-0.1, -0.05) is 6.07 Å². The van der Waals surface area contributed by atoms with Crippen LogP contribution in [-0.4, -0.2) is 11.2 Å². The highest BCUT2D eigenvalue weighted by Gasteiger charge is 1.89. The molecule has 0 fully saturated rings. The quantitative estimate of drug-likeness (QED) is 0.576. The van der Waals surface area contributed by atoms with Crippen molar-refractivity contribution in [3.63, 3.8) is 0 Å². The number of thioether (sulfide) groups is 1. The zero-order valence-corrected chi connectivity index (χ0v) is 8.64. The van der Waals surface area contributed by atoms with Crippen molar-refractivity contribution in [1.29, 1.82) is 5.26 Å². The molecular formula is C9H13N3S. The number of hydrogen-bond acceptors (Lipinski definition) is 4. The van der Waals surface area contributed by atoms with Crippen molar-refractivity contribution in [3.05, 3.63) is 29.6 Å². The molecule has 70 valence electrons. The van der Waals surface area contributed by atoms with E-state index in [0.29, 0.717) is 0 Å². The van der Waals surface area contributed by atoms with E-state index in [1.54, 1.807) is 0 Å². The van der Waals surface area contributed by atoms with Crippen LogP contribution < -0.4 is 5.73 Å². The van der Waals surface area contributed by atoms with Crippen LogP contribution in [0.1, 0.15) is 11.3 Å². The number of hydrogen-bond donors (Lipinski definition) is 1. The average Bonchev–Trinajstić information content (AvgIpc) is 2.11. The Morgan fingerprint density at radius 1 is 1.62 bits per heavy atom. The number of pyridine rings is 1. The van der Waals surface area contributed by atoms with Crippen LogP contribution in [0.15, 0.2) is 18.3 Å². The van der Waals surface area contributed by atoms with Crippen molar-refractivity contribution < 1.29 is 0 Å². The van der Waals surface area contributed by atoms with E-state index in [4.69, 9.17) is 5.26 Å². The van der Waals surface area contributed by atoms with Crippen molar-refractivity contribution in [3.8, 4) is 6.19 Å². The molecular weight excluding hydrogens is 182 g/mol. The molecule has 13 heavy (non-hydrogen) atoms. The summed E-state index contributed by atoms with van der Waals surface area (Å²) in [7, 11) is 0. The first-order valence-electron chi connectivity index (χ1n) is 3.74. The third-order valence-corrected chi connectivity index (χ3v) is 1.91. The van der Waals surface area contributed by atoms with Gasteiger partial charge in [0.05, 0.1) is 0 Å². The predicted octanol–water partition coefficient (Wildman–Crippen LogP) is 1.68. The second kappa shape index (κ2) is 7.44. The maximum Gasteiger partial charge on any atom is 0.173 e. The number of aromatic nitrogens is 1. The minimum absolute atomic E-state index is 1.06. The van der Waals surface area contributed by atoms with Crippen LogP contribution >= 0.6 is 11.8 Å². The second-order valence-electron chi connectivity index (χ2n) is 2.37. The van der Waals surface area contributed by atoms with Crippen LogP contribution in [0.4, 0.5) is 0 Å². The summed E-state index contributed by atoms with van der Waals surface area (Å²) in [5, 5.41) is 7.10. The molecule has 1 heterocycles. The van der Waals surface area contributed by atoms with Gasteiger partial charge in [-0.2, -0.15) is 17.0 Å². The highest BCUT2D eigenvalue weighted by Crippen LogP contribution is 2.07. The normalized spacial score (nSPS) is 8.08. The van der Waals surface area contributed by atoms with E-state index in [1.165, 1.54) is 11.8 Å². The van der Waals surface area contributed by atoms with E-state index in [0.717, 1.165) is 11.4 Å². The molecule has 0 aliphatic rings. The lowest BCUT2D eigenvalue weighted by Gasteiger charge is -1.96. The molecule has 3 nitrogen and oxygen atoms in total. The van der Waals surface area contributed by atoms with Gasteiger partial charge in [-0.05, 0) is 24.8 Å². The fraction of sp³-hybridized carbons (Fsp3) is 0.333. The first kappa shape index (κ1) is 11.8. The van der Waals surface area contributed by atoms with Gasteiger partial charge in [-0.15, -0.1) is 0 Å². The molecule has 0 radical (unpaired) electrons. The zero-order valence-electron chi connectivity index (χ0n) is 7.82. The molecule has 0 aromatic carbocycles. The molecule has 0 aliphatic heterocycles. The number of nitrogens with zero attached hydrogens (tertiary/aromatic N) is 2. The molecule has 0 unspecified atom stereocenters. The summed E-state index contributed by atoms with van der Waals surface area (Å²) < 4.78 is 0. The summed E-state index contributed by atoms with van der Waals surface area (Å²) in [4.78, 5) is 4.18. The Hall–Kier alpha value is -1.21. The van der Waals surface area contributed by atoms with E-state index < -0.39 is 0 Å². The Balaban J connectivity index is 0.000000424. The maximum atomic E-state index is 7.10. The van der Waals surface area contributed by atoms with Gasteiger partial charge in [0.2, 0.25) is 0 Å². The third-order valence-electron chi connectivity index (χ3n) is 1.28. The van der Waals surface area contributed by atoms with Gasteiger partial charge < -0.3 is 5.73 Å².